The van der Waals surface area contributed by atoms with Crippen molar-refractivity contribution in [2.24, 2.45) is 0 Å². The van der Waals surface area contributed by atoms with Gasteiger partial charge in [0.2, 0.25) is 0 Å². The van der Waals surface area contributed by atoms with Crippen molar-refractivity contribution < 1.29 is 23.0 Å². The van der Waals surface area contributed by atoms with Gasteiger partial charge >= 0.3 is 6.61 Å². The van der Waals surface area contributed by atoms with E-state index in [4.69, 9.17) is 9.47 Å². The summed E-state index contributed by atoms with van der Waals surface area (Å²) in [6, 6.07) is 24.3. The summed E-state index contributed by atoms with van der Waals surface area (Å²) in [7, 11) is -1.87. The third kappa shape index (κ3) is 6.41. The Morgan fingerprint density at radius 1 is 0.793 bits per heavy atom. The summed E-state index contributed by atoms with van der Waals surface area (Å²) in [5.74, 6) is 1.73. The minimum absolute atomic E-state index is 0.171. The van der Waals surface area contributed by atoms with E-state index in [1.807, 2.05) is 66.7 Å². The number of benzene rings is 3. The quantitative estimate of drug-likeness (QED) is 0.417. The van der Waals surface area contributed by atoms with Gasteiger partial charge in [-0.15, -0.1) is 0 Å². The first-order valence-electron chi connectivity index (χ1n) is 9.37. The van der Waals surface area contributed by atoms with Crippen molar-refractivity contribution in [3.05, 3.63) is 84.4 Å². The van der Waals surface area contributed by atoms with E-state index in [9.17, 15) is 8.78 Å². The number of rotatable bonds is 9. The van der Waals surface area contributed by atoms with Crippen LogP contribution in [0.1, 0.15) is 5.56 Å². The van der Waals surface area contributed by atoms with Crippen molar-refractivity contribution in [1.82, 2.24) is 0 Å². The second-order valence-corrected chi connectivity index (χ2v) is 12.0. The second kappa shape index (κ2) is 9.67. The molecular weight excluding hydrogens is 390 g/mol. The predicted octanol–water partition coefficient (Wildman–Crippen LogP) is 5.75. The van der Waals surface area contributed by atoms with Crippen LogP contribution in [0, 0.1) is 0 Å². The zero-order valence-electron chi connectivity index (χ0n) is 16.5. The van der Waals surface area contributed by atoms with Crippen LogP contribution < -0.4 is 14.7 Å². The molecule has 0 radical (unpaired) electrons. The summed E-state index contributed by atoms with van der Waals surface area (Å²) in [5, 5.41) is 1.13. The van der Waals surface area contributed by atoms with E-state index in [1.54, 1.807) is 12.1 Å². The fraction of sp³-hybridized carbons (Fsp3) is 0.217. The van der Waals surface area contributed by atoms with E-state index in [0.717, 1.165) is 22.2 Å². The first-order chi connectivity index (χ1) is 13.9. The molecule has 0 aliphatic rings. The van der Waals surface area contributed by atoms with Crippen LogP contribution >= 0.6 is 0 Å². The Bertz CT molecular complexity index is 900. The molecular formula is C23H24F2O3Si. The van der Waals surface area contributed by atoms with Crippen molar-refractivity contribution in [3.63, 3.8) is 0 Å². The first kappa shape index (κ1) is 21.0. The molecule has 0 unspecified atom stereocenters. The molecule has 3 nitrogen and oxygen atoms in total. The summed E-state index contributed by atoms with van der Waals surface area (Å²) in [5.41, 5.74) is 1.03. The Kier molecular flexibility index (Phi) is 7.01. The van der Waals surface area contributed by atoms with Crippen LogP contribution in [-0.4, -0.2) is 20.9 Å². The van der Waals surface area contributed by atoms with Gasteiger partial charge in [0.15, 0.2) is 0 Å². The molecule has 0 N–H and O–H groups in total. The van der Waals surface area contributed by atoms with Crippen LogP contribution in [0.4, 0.5) is 8.78 Å². The summed E-state index contributed by atoms with van der Waals surface area (Å²) in [6.45, 7) is 2.04. The Balaban J connectivity index is 1.55. The molecule has 0 aromatic heterocycles. The van der Waals surface area contributed by atoms with E-state index >= 15 is 0 Å². The van der Waals surface area contributed by atoms with Crippen LogP contribution in [0.25, 0.3) is 0 Å². The Hall–Kier alpha value is -2.70. The van der Waals surface area contributed by atoms with Gasteiger partial charge in [-0.2, -0.15) is 8.78 Å². The molecule has 0 bridgehead atoms. The lowest BCUT2D eigenvalue weighted by molar-refractivity contribution is -0.0498. The highest BCUT2D eigenvalue weighted by Crippen LogP contribution is 2.22. The fourth-order valence-electron chi connectivity index (χ4n) is 2.92. The maximum atomic E-state index is 12.3. The normalized spacial score (nSPS) is 11.5. The smallest absolute Gasteiger partial charge is 0.387 e. The van der Waals surface area contributed by atoms with Gasteiger partial charge in [-0.3, -0.25) is 0 Å². The monoisotopic (exact) mass is 414 g/mol. The lowest BCUT2D eigenvalue weighted by atomic mass is 10.2. The van der Waals surface area contributed by atoms with Crippen molar-refractivity contribution >= 4 is 13.3 Å². The van der Waals surface area contributed by atoms with Crippen LogP contribution in [0.2, 0.25) is 13.1 Å². The number of alkyl halides is 2. The zero-order valence-corrected chi connectivity index (χ0v) is 17.5. The van der Waals surface area contributed by atoms with Crippen LogP contribution in [0.5, 0.6) is 17.2 Å². The number of halogens is 2. The van der Waals surface area contributed by atoms with Crippen molar-refractivity contribution in [2.45, 2.75) is 26.3 Å². The molecule has 3 aromatic rings. The number of hydrogen-bond acceptors (Lipinski definition) is 3. The molecule has 0 heterocycles. The average Bonchev–Trinajstić information content (AvgIpc) is 2.69. The molecule has 3 rings (SSSR count). The maximum absolute atomic E-state index is 12.3. The third-order valence-electron chi connectivity index (χ3n) is 4.47. The SMILES string of the molecule is C[Si](C)(COCc1cccc(Oc2ccccc2)c1)c1ccc(OC(F)F)cc1. The van der Waals surface area contributed by atoms with Gasteiger partial charge in [0.25, 0.3) is 0 Å². The summed E-state index contributed by atoms with van der Waals surface area (Å²) >= 11 is 0. The van der Waals surface area contributed by atoms with E-state index in [1.165, 1.54) is 0 Å². The van der Waals surface area contributed by atoms with E-state index in [2.05, 4.69) is 17.8 Å². The molecule has 0 fully saturated rings. The van der Waals surface area contributed by atoms with Gasteiger partial charge < -0.3 is 14.2 Å². The average molecular weight is 415 g/mol. The Labute approximate surface area is 170 Å². The lowest BCUT2D eigenvalue weighted by Crippen LogP contribution is -2.46. The summed E-state index contributed by atoms with van der Waals surface area (Å²) in [6.07, 6.45) is 0.617. The van der Waals surface area contributed by atoms with E-state index in [-0.39, 0.29) is 5.75 Å². The molecule has 3 aromatic carbocycles. The largest absolute Gasteiger partial charge is 0.457 e. The predicted molar refractivity (Wildman–Crippen MR) is 113 cm³/mol. The van der Waals surface area contributed by atoms with Crippen molar-refractivity contribution in [1.29, 1.82) is 0 Å². The molecule has 0 atom stereocenters. The first-order valence-corrected chi connectivity index (χ1v) is 12.6. The van der Waals surface area contributed by atoms with Crippen LogP contribution in [-0.2, 0) is 11.3 Å². The van der Waals surface area contributed by atoms with Gasteiger partial charge in [0.05, 0.1) is 6.61 Å². The molecule has 0 aliphatic carbocycles. The highest BCUT2D eigenvalue weighted by molar-refractivity contribution is 6.89. The minimum Gasteiger partial charge on any atom is -0.457 e. The van der Waals surface area contributed by atoms with Gasteiger partial charge in [0.1, 0.15) is 25.3 Å². The summed E-state index contributed by atoms with van der Waals surface area (Å²) < 4.78 is 40.9. The standard InChI is InChI=1S/C23H24F2O3Si/c1-29(2,22-13-11-20(12-14-22)28-23(24)25)17-26-16-18-7-6-10-21(15-18)27-19-8-4-3-5-9-19/h3-15,23H,16-17H2,1-2H3. The minimum atomic E-state index is -2.81. The van der Waals surface area contributed by atoms with Crippen LogP contribution in [0.15, 0.2) is 78.9 Å². The molecule has 0 saturated carbocycles. The highest BCUT2D eigenvalue weighted by atomic mass is 28.3. The molecule has 0 spiro atoms. The molecule has 0 saturated heterocycles. The molecule has 6 heteroatoms. The van der Waals surface area contributed by atoms with E-state index < -0.39 is 14.7 Å². The molecule has 0 aliphatic heterocycles. The number of para-hydroxylation sites is 1. The fourth-order valence-corrected chi connectivity index (χ4v) is 4.77. The van der Waals surface area contributed by atoms with Gasteiger partial charge in [0, 0.05) is 6.23 Å². The second-order valence-electron chi connectivity index (χ2n) is 7.34. The van der Waals surface area contributed by atoms with Crippen molar-refractivity contribution in [3.8, 4) is 17.2 Å². The van der Waals surface area contributed by atoms with Gasteiger partial charge in [-0.05, 0) is 42.0 Å². The van der Waals surface area contributed by atoms with Gasteiger partial charge in [-0.25, -0.2) is 0 Å². The Morgan fingerprint density at radius 3 is 2.17 bits per heavy atom. The lowest BCUT2D eigenvalue weighted by Gasteiger charge is -2.23. The topological polar surface area (TPSA) is 27.7 Å². The highest BCUT2D eigenvalue weighted by Gasteiger charge is 2.24. The molecule has 0 amide bonds. The zero-order chi connectivity index (χ0) is 20.7. The molecule has 29 heavy (non-hydrogen) atoms. The van der Waals surface area contributed by atoms with Crippen LogP contribution in [0.3, 0.4) is 0 Å². The number of hydrogen-bond donors (Lipinski definition) is 0. The summed E-state index contributed by atoms with van der Waals surface area (Å²) in [4.78, 5) is 0. The van der Waals surface area contributed by atoms with Gasteiger partial charge in [-0.1, -0.05) is 60.7 Å². The van der Waals surface area contributed by atoms with E-state index in [0.29, 0.717) is 12.8 Å². The molecule has 152 valence electrons. The number of ether oxygens (including phenoxy) is 3. The Morgan fingerprint density at radius 2 is 1.48 bits per heavy atom. The van der Waals surface area contributed by atoms with Crippen molar-refractivity contribution in [2.75, 3.05) is 6.23 Å². The third-order valence-corrected chi connectivity index (χ3v) is 7.29. The maximum Gasteiger partial charge on any atom is 0.387 e.